The van der Waals surface area contributed by atoms with E-state index in [4.69, 9.17) is 28.4 Å². The Kier molecular flexibility index (Phi) is 37.9. The van der Waals surface area contributed by atoms with Crippen LogP contribution in [0.5, 0.6) is 0 Å². The van der Waals surface area contributed by atoms with E-state index in [1.165, 1.54) is 6.92 Å². The van der Waals surface area contributed by atoms with E-state index in [9.17, 15) is 163 Å². The fourth-order valence-corrected chi connectivity index (χ4v) is 17.2. The molecule has 0 bridgehead atoms. The maximum atomic E-state index is 14.6. The van der Waals surface area contributed by atoms with Crippen LogP contribution in [-0.2, 0) is 105 Å². The number of halogens is 25. The van der Waals surface area contributed by atoms with E-state index < -0.39 is 352 Å². The molecule has 0 fully saturated rings. The first-order valence-electron chi connectivity index (χ1n) is 42.2. The highest BCUT2D eigenvalue weighted by Gasteiger charge is 2.52. The summed E-state index contributed by atoms with van der Waals surface area (Å²) >= 11 is 0. The quantitative estimate of drug-likeness (QED) is 0.0169. The molecule has 14 rings (SSSR count). The highest BCUT2D eigenvalue weighted by molar-refractivity contribution is 6.06. The van der Waals surface area contributed by atoms with Crippen LogP contribution in [0.1, 0.15) is 130 Å². The van der Waals surface area contributed by atoms with Gasteiger partial charge in [0.15, 0.2) is 30.9 Å². The van der Waals surface area contributed by atoms with Crippen molar-refractivity contribution in [3.8, 4) is 0 Å². The number of cyclic esters (lactones) is 4. The lowest BCUT2D eigenvalue weighted by molar-refractivity contribution is -0.142. The molecule has 9 aliphatic heterocycles. The van der Waals surface area contributed by atoms with Gasteiger partial charge in [-0.15, -0.1) is 0 Å². The molecule has 0 saturated heterocycles. The fourth-order valence-electron chi connectivity index (χ4n) is 17.2. The number of carbonyl (C=O) groups excluding carboxylic acids is 11. The van der Waals surface area contributed by atoms with Crippen molar-refractivity contribution < 1.29 is 215 Å². The van der Waals surface area contributed by atoms with Gasteiger partial charge in [-0.2, -0.15) is 0 Å². The highest BCUT2D eigenvalue weighted by atomic mass is 19.2. The third kappa shape index (κ3) is 23.0. The van der Waals surface area contributed by atoms with Crippen LogP contribution >= 0.6 is 0 Å². The van der Waals surface area contributed by atoms with Crippen LogP contribution in [0.15, 0.2) is 173 Å². The third-order valence-corrected chi connectivity index (χ3v) is 23.0. The average molecular weight is 2100 g/mol. The summed E-state index contributed by atoms with van der Waals surface area (Å²) in [4.78, 5) is 135. The van der Waals surface area contributed by atoms with Gasteiger partial charge in [-0.3, -0.25) is 4.79 Å². The second kappa shape index (κ2) is 49.0. The molecule has 0 radical (unpaired) electrons. The predicted molar refractivity (Wildman–Crippen MR) is 448 cm³/mol. The van der Waals surface area contributed by atoms with E-state index in [0.717, 1.165) is 42.5 Å². The van der Waals surface area contributed by atoms with Crippen molar-refractivity contribution in [2.24, 2.45) is 0 Å². The second-order valence-corrected chi connectivity index (χ2v) is 31.2. The lowest BCUT2D eigenvalue weighted by Gasteiger charge is -2.32. The van der Waals surface area contributed by atoms with Crippen molar-refractivity contribution in [2.75, 3.05) is 142 Å². The average Bonchev–Trinajstić information content (AvgIpc) is 1.67. The van der Waals surface area contributed by atoms with Gasteiger partial charge in [0, 0.05) is 65.1 Å². The Balaban J connectivity index is 0.000000187. The molecular formula is C94H78F25N5O22. The summed E-state index contributed by atoms with van der Waals surface area (Å²) in [7, 11) is 4.84. The summed E-state index contributed by atoms with van der Waals surface area (Å²) < 4.78 is 399. The summed E-state index contributed by atoms with van der Waals surface area (Å²) in [5.74, 6) is -32.6. The van der Waals surface area contributed by atoms with Gasteiger partial charge in [0.1, 0.15) is 158 Å². The summed E-state index contributed by atoms with van der Waals surface area (Å²) in [6.45, 7) is -14.1. The van der Waals surface area contributed by atoms with Crippen LogP contribution in [0.2, 0.25) is 0 Å². The molecule has 9 aliphatic rings. The predicted octanol–water partition coefficient (Wildman–Crippen LogP) is 14.8. The van der Waals surface area contributed by atoms with Crippen LogP contribution in [0.4, 0.5) is 110 Å². The Morgan fingerprint density at radius 3 is 0.692 bits per heavy atom. The number of esters is 11. The number of dihydropyridines is 5. The first kappa shape index (κ1) is 113. The van der Waals surface area contributed by atoms with E-state index >= 15 is 0 Å². The van der Waals surface area contributed by atoms with E-state index in [2.05, 4.69) is 50.3 Å². The number of hydrogen-bond donors (Lipinski definition) is 5. The number of benzene rings is 5. The molecule has 146 heavy (non-hydrogen) atoms. The zero-order valence-electron chi connectivity index (χ0n) is 76.3. The molecule has 10 atom stereocenters. The molecule has 5 aromatic carbocycles. The van der Waals surface area contributed by atoms with Crippen LogP contribution < -0.4 is 26.6 Å². The maximum absolute atomic E-state index is 14.6. The van der Waals surface area contributed by atoms with Gasteiger partial charge in [-0.25, -0.2) is 158 Å². The second-order valence-electron chi connectivity index (χ2n) is 31.2. The SMILES string of the molecule is CCOC(=O)C1=C(COC(C)=O)NC(CF)=C(C(=O)OC)C1c1cc(F)cc(F)c1C(F)CF.COC(=O)C1=C(CF)NC2=C(C(=O)OC2)[C@@H]1c1cc(F)cc(F)c1[C@@H](F)CF.COC(=O)C1=C(CF)NC2=C(C(=O)OC2)[C@@H]1c1cc(F)cc(F)c1[C@H](F)CF.COC(=O)C1=C(CF)NC2=C(C(=O)OC2)[C@H]1c1cc(F)cc(F)c1[C@@H](F)CF.COC(=O)C1=C(CF)NC2=C(C(=O)OC2)[C@H]1c1cc(F)cc(F)c1[C@H](F)CF. The van der Waals surface area contributed by atoms with Gasteiger partial charge in [0.05, 0.1) is 184 Å². The summed E-state index contributed by atoms with van der Waals surface area (Å²) in [5, 5.41) is 12.6. The molecule has 0 aromatic heterocycles. The summed E-state index contributed by atoms with van der Waals surface area (Å²) in [6.07, 6.45) is -12.6. The molecule has 0 spiro atoms. The molecule has 0 amide bonds. The van der Waals surface area contributed by atoms with Gasteiger partial charge in [-0.05, 0) is 65.1 Å². The topological polar surface area (TPSA) is 349 Å². The summed E-state index contributed by atoms with van der Waals surface area (Å²) in [5.41, 5.74) is -13.3. The van der Waals surface area contributed by atoms with Crippen molar-refractivity contribution in [3.63, 3.8) is 0 Å². The van der Waals surface area contributed by atoms with Crippen molar-refractivity contribution in [1.29, 1.82) is 0 Å². The monoisotopic (exact) mass is 2100 g/mol. The maximum Gasteiger partial charge on any atom is 0.337 e. The molecule has 2 unspecified atom stereocenters. The minimum Gasteiger partial charge on any atom is -0.466 e. The highest BCUT2D eigenvalue weighted by Crippen LogP contribution is 2.52. The van der Waals surface area contributed by atoms with Crippen molar-refractivity contribution in [3.05, 3.63) is 287 Å². The molecule has 5 aromatic rings. The van der Waals surface area contributed by atoms with Gasteiger partial charge in [0.2, 0.25) is 0 Å². The van der Waals surface area contributed by atoms with Crippen LogP contribution in [-0.4, -0.2) is 208 Å². The Bertz CT molecular complexity index is 5840. The number of alkyl halides is 15. The molecule has 786 valence electrons. The Morgan fingerprint density at radius 2 is 0.500 bits per heavy atom. The van der Waals surface area contributed by atoms with Gasteiger partial charge < -0.3 is 78.7 Å². The van der Waals surface area contributed by atoms with E-state index in [-0.39, 0.29) is 107 Å². The number of hydrogen-bond acceptors (Lipinski definition) is 27. The van der Waals surface area contributed by atoms with Crippen molar-refractivity contribution in [1.82, 2.24) is 26.6 Å². The van der Waals surface area contributed by atoms with Crippen LogP contribution in [0, 0.1) is 58.2 Å². The van der Waals surface area contributed by atoms with E-state index in [1.54, 1.807) is 0 Å². The first-order valence-corrected chi connectivity index (χ1v) is 42.2. The lowest BCUT2D eigenvalue weighted by Crippen LogP contribution is -2.37. The molecule has 27 nitrogen and oxygen atoms in total. The largest absolute Gasteiger partial charge is 0.466 e. The number of methoxy groups -OCH3 is 5. The Labute approximate surface area is 807 Å². The lowest BCUT2D eigenvalue weighted by atomic mass is 9.77. The van der Waals surface area contributed by atoms with Crippen LogP contribution in [0.25, 0.3) is 0 Å². The number of allylic oxidation sites excluding steroid dienone is 5. The zero-order valence-corrected chi connectivity index (χ0v) is 76.3. The van der Waals surface area contributed by atoms with E-state index in [0.29, 0.717) is 60.7 Å². The molecular weight excluding hydrogens is 2030 g/mol. The van der Waals surface area contributed by atoms with Gasteiger partial charge in [-0.1, -0.05) is 0 Å². The van der Waals surface area contributed by atoms with E-state index in [1.807, 2.05) is 0 Å². The van der Waals surface area contributed by atoms with Gasteiger partial charge in [0.25, 0.3) is 0 Å². The third-order valence-electron chi connectivity index (χ3n) is 23.0. The molecule has 0 aliphatic carbocycles. The number of rotatable bonds is 29. The molecule has 0 saturated carbocycles. The normalized spacial score (nSPS) is 19.2. The standard InChI is InChI=1S/C22H22F5NO6.4C18H14F5NO4/c1-4-33-22(31)20-16(9-34-10(2)29)28-15(8-24)19(21(30)32-3)18(20)12-5-11(25)6-13(26)17(12)14(27)7-23;4*1-27-17(25)15-11(5-20)24-12-6-28-18(26)16(12)14(15)8-2-7(21)3-9(22)13(8)10(23)4-19/h5-6,14,18,28H,4,7-9H2,1-3H3;4*2-3,10,14,24H,4-6H2,1H3/t;2*10-,14+;2*10-,14-/m.1010/s1. The molecule has 9 heterocycles. The Morgan fingerprint density at radius 1 is 0.301 bits per heavy atom. The molecule has 52 heteroatoms. The van der Waals surface area contributed by atoms with Crippen molar-refractivity contribution in [2.45, 2.75) is 74.3 Å². The first-order chi connectivity index (χ1) is 69.4. The minimum absolute atomic E-state index is 0.0570. The van der Waals surface area contributed by atoms with Gasteiger partial charge >= 0.3 is 65.7 Å². The van der Waals surface area contributed by atoms with Crippen LogP contribution in [0.3, 0.4) is 0 Å². The Hall–Kier alpha value is -15.1. The summed E-state index contributed by atoms with van der Waals surface area (Å²) in [6, 6.07) is 4.98. The minimum atomic E-state index is -2.61. The smallest absolute Gasteiger partial charge is 0.337 e. The number of nitrogens with one attached hydrogen (secondary N) is 5. The zero-order chi connectivity index (χ0) is 108. The number of carbonyl (C=O) groups is 11. The van der Waals surface area contributed by atoms with Crippen molar-refractivity contribution >= 4 is 65.7 Å². The molecule has 5 N–H and O–H groups in total. The fraction of sp³-hybridized carbons (Fsp3) is 0.351. The number of ether oxygens (including phenoxy) is 11.